The van der Waals surface area contributed by atoms with Crippen LogP contribution >= 0.6 is 15.9 Å². The summed E-state index contributed by atoms with van der Waals surface area (Å²) in [5, 5.41) is 0.895. The van der Waals surface area contributed by atoms with Crippen molar-refractivity contribution in [3.05, 3.63) is 28.8 Å². The van der Waals surface area contributed by atoms with E-state index in [0.717, 1.165) is 17.7 Å². The Bertz CT molecular complexity index is 359. The Hall–Kier alpha value is -0.540. The van der Waals surface area contributed by atoms with Gasteiger partial charge in [0.2, 0.25) is 0 Å². The summed E-state index contributed by atoms with van der Waals surface area (Å²) in [4.78, 5) is 0. The van der Waals surface area contributed by atoms with Crippen molar-refractivity contribution in [2.45, 2.75) is 25.3 Å². The molecule has 0 amide bonds. The average molecular weight is 271 g/mol. The van der Waals surface area contributed by atoms with Gasteiger partial charge in [0.1, 0.15) is 18.5 Å². The monoisotopic (exact) mass is 270 g/mol. The van der Waals surface area contributed by atoms with Crippen LogP contribution in [0.5, 0.6) is 5.75 Å². The first-order valence-corrected chi connectivity index (χ1v) is 6.24. The minimum Gasteiger partial charge on any atom is -0.491 e. The number of alkyl halides is 1. The molecule has 1 aromatic carbocycles. The van der Waals surface area contributed by atoms with Crippen LogP contribution in [0.25, 0.3) is 0 Å². The molecular formula is C12H15BrO2. The van der Waals surface area contributed by atoms with E-state index in [1.807, 2.05) is 6.07 Å². The van der Waals surface area contributed by atoms with Crippen LogP contribution in [0, 0.1) is 13.8 Å². The maximum Gasteiger partial charge on any atom is 0.122 e. The van der Waals surface area contributed by atoms with E-state index in [-0.39, 0.29) is 0 Å². The lowest BCUT2D eigenvalue weighted by atomic mass is 10.0. The van der Waals surface area contributed by atoms with Crippen LogP contribution in [0.3, 0.4) is 0 Å². The highest BCUT2D eigenvalue weighted by molar-refractivity contribution is 9.08. The molecule has 0 bridgehead atoms. The van der Waals surface area contributed by atoms with Gasteiger partial charge >= 0.3 is 0 Å². The van der Waals surface area contributed by atoms with E-state index in [0.29, 0.717) is 12.7 Å². The smallest absolute Gasteiger partial charge is 0.122 e. The van der Waals surface area contributed by atoms with E-state index in [4.69, 9.17) is 9.47 Å². The first-order chi connectivity index (χ1) is 7.22. The first-order valence-electron chi connectivity index (χ1n) is 5.12. The first kappa shape index (κ1) is 11.0. The molecule has 0 radical (unpaired) electrons. The normalized spacial score (nSPS) is 19.0. The van der Waals surface area contributed by atoms with Gasteiger partial charge in [0, 0.05) is 5.33 Å². The van der Waals surface area contributed by atoms with Crippen molar-refractivity contribution in [3.63, 3.8) is 0 Å². The molecule has 15 heavy (non-hydrogen) atoms. The number of hydrogen-bond acceptors (Lipinski definition) is 2. The topological polar surface area (TPSA) is 21.8 Å². The van der Waals surface area contributed by atoms with Gasteiger partial charge in [-0.25, -0.2) is 0 Å². The molecule has 0 aliphatic carbocycles. The summed E-state index contributed by atoms with van der Waals surface area (Å²) < 4.78 is 10.8. The van der Waals surface area contributed by atoms with Gasteiger partial charge in [-0.05, 0) is 36.6 Å². The maximum atomic E-state index is 5.70. The zero-order valence-electron chi connectivity index (χ0n) is 9.05. The van der Waals surface area contributed by atoms with Crippen LogP contribution in [-0.4, -0.2) is 19.3 Å². The fourth-order valence-electron chi connectivity index (χ4n) is 1.50. The molecule has 1 aromatic rings. The third-order valence-electron chi connectivity index (χ3n) is 2.82. The third-order valence-corrected chi connectivity index (χ3v) is 3.42. The van der Waals surface area contributed by atoms with Crippen molar-refractivity contribution in [1.82, 2.24) is 0 Å². The largest absolute Gasteiger partial charge is 0.491 e. The SMILES string of the molecule is Cc1c(CBr)ccc(OCC2CO2)c1C. The van der Waals surface area contributed by atoms with E-state index in [1.54, 1.807) is 0 Å². The van der Waals surface area contributed by atoms with Crippen molar-refractivity contribution in [2.24, 2.45) is 0 Å². The summed E-state index contributed by atoms with van der Waals surface area (Å²) >= 11 is 3.48. The summed E-state index contributed by atoms with van der Waals surface area (Å²) in [7, 11) is 0. The Kier molecular flexibility index (Phi) is 3.32. The molecule has 2 rings (SSSR count). The predicted octanol–water partition coefficient (Wildman–Crippen LogP) is 2.98. The highest BCUT2D eigenvalue weighted by Gasteiger charge is 2.23. The maximum absolute atomic E-state index is 5.70. The van der Waals surface area contributed by atoms with Crippen LogP contribution < -0.4 is 4.74 Å². The Balaban J connectivity index is 2.12. The molecule has 3 heteroatoms. The van der Waals surface area contributed by atoms with Crippen LogP contribution in [0.4, 0.5) is 0 Å². The second-order valence-corrected chi connectivity index (χ2v) is 4.43. The van der Waals surface area contributed by atoms with Gasteiger partial charge in [-0.15, -0.1) is 0 Å². The number of epoxide rings is 1. The Morgan fingerprint density at radius 1 is 1.40 bits per heavy atom. The van der Waals surface area contributed by atoms with Crippen molar-refractivity contribution >= 4 is 15.9 Å². The fourth-order valence-corrected chi connectivity index (χ4v) is 2.11. The summed E-state index contributed by atoms with van der Waals surface area (Å²) in [5.74, 6) is 0.979. The van der Waals surface area contributed by atoms with E-state index in [1.165, 1.54) is 16.7 Å². The van der Waals surface area contributed by atoms with Crippen molar-refractivity contribution < 1.29 is 9.47 Å². The van der Waals surface area contributed by atoms with E-state index < -0.39 is 0 Å². The second-order valence-electron chi connectivity index (χ2n) is 3.87. The number of halogens is 1. The predicted molar refractivity (Wildman–Crippen MR) is 63.8 cm³/mol. The standard InChI is InChI=1S/C12H15BrO2/c1-8-9(2)12(4-3-10(8)5-13)15-7-11-6-14-11/h3-4,11H,5-7H2,1-2H3. The molecule has 0 saturated carbocycles. The zero-order chi connectivity index (χ0) is 10.8. The average Bonchev–Trinajstić information content (AvgIpc) is 3.04. The number of hydrogen-bond donors (Lipinski definition) is 0. The molecule has 1 atom stereocenters. The van der Waals surface area contributed by atoms with Crippen molar-refractivity contribution in [2.75, 3.05) is 13.2 Å². The zero-order valence-corrected chi connectivity index (χ0v) is 10.6. The number of ether oxygens (including phenoxy) is 2. The lowest BCUT2D eigenvalue weighted by Crippen LogP contribution is -2.06. The third kappa shape index (κ3) is 2.52. The minimum absolute atomic E-state index is 0.320. The molecule has 1 unspecified atom stereocenters. The Labute approximate surface area is 98.7 Å². The van der Waals surface area contributed by atoms with E-state index >= 15 is 0 Å². The lowest BCUT2D eigenvalue weighted by Gasteiger charge is -2.12. The molecule has 1 fully saturated rings. The number of benzene rings is 1. The van der Waals surface area contributed by atoms with Crippen molar-refractivity contribution in [1.29, 1.82) is 0 Å². The van der Waals surface area contributed by atoms with Crippen LogP contribution in [-0.2, 0) is 10.1 Å². The van der Waals surface area contributed by atoms with Crippen LogP contribution in [0.2, 0.25) is 0 Å². The van der Waals surface area contributed by atoms with Crippen LogP contribution in [0.1, 0.15) is 16.7 Å². The quantitative estimate of drug-likeness (QED) is 0.620. The molecule has 2 nitrogen and oxygen atoms in total. The highest BCUT2D eigenvalue weighted by Crippen LogP contribution is 2.26. The van der Waals surface area contributed by atoms with Crippen molar-refractivity contribution in [3.8, 4) is 5.75 Å². The molecule has 0 aromatic heterocycles. The summed E-state index contributed by atoms with van der Waals surface area (Å²) in [6.45, 7) is 5.75. The molecule has 0 spiro atoms. The van der Waals surface area contributed by atoms with Gasteiger partial charge in [0.25, 0.3) is 0 Å². The summed E-state index contributed by atoms with van der Waals surface area (Å²) in [6.07, 6.45) is 0.320. The Morgan fingerprint density at radius 2 is 2.13 bits per heavy atom. The second kappa shape index (κ2) is 4.54. The van der Waals surface area contributed by atoms with E-state index in [2.05, 4.69) is 35.8 Å². The molecular weight excluding hydrogens is 256 g/mol. The number of rotatable bonds is 4. The molecule has 1 heterocycles. The molecule has 1 aliphatic rings. The Morgan fingerprint density at radius 3 is 2.73 bits per heavy atom. The molecule has 1 saturated heterocycles. The fraction of sp³-hybridized carbons (Fsp3) is 0.500. The summed E-state index contributed by atoms with van der Waals surface area (Å²) in [6, 6.07) is 4.15. The van der Waals surface area contributed by atoms with Crippen LogP contribution in [0.15, 0.2) is 12.1 Å². The van der Waals surface area contributed by atoms with Gasteiger partial charge in [-0.2, -0.15) is 0 Å². The summed E-state index contributed by atoms with van der Waals surface area (Å²) in [5.41, 5.74) is 3.86. The lowest BCUT2D eigenvalue weighted by molar-refractivity contribution is 0.261. The molecule has 1 aliphatic heterocycles. The van der Waals surface area contributed by atoms with Gasteiger partial charge < -0.3 is 9.47 Å². The van der Waals surface area contributed by atoms with Gasteiger partial charge in [0.15, 0.2) is 0 Å². The van der Waals surface area contributed by atoms with E-state index in [9.17, 15) is 0 Å². The molecule has 82 valence electrons. The van der Waals surface area contributed by atoms with Gasteiger partial charge in [-0.1, -0.05) is 22.0 Å². The van der Waals surface area contributed by atoms with Gasteiger partial charge in [-0.3, -0.25) is 0 Å². The minimum atomic E-state index is 0.320. The van der Waals surface area contributed by atoms with Gasteiger partial charge in [0.05, 0.1) is 6.61 Å². The highest BCUT2D eigenvalue weighted by atomic mass is 79.9. The molecule has 0 N–H and O–H groups in total.